The van der Waals surface area contributed by atoms with Gasteiger partial charge in [-0.15, -0.1) is 0 Å². The van der Waals surface area contributed by atoms with Crippen LogP contribution in [-0.4, -0.2) is 11.2 Å². The fourth-order valence-corrected chi connectivity index (χ4v) is 2.48. The molecule has 1 N–H and O–H groups in total. The smallest absolute Gasteiger partial charge is 0.0568 e. The molecular weight excluding hydrogens is 196 g/mol. The van der Waals surface area contributed by atoms with Gasteiger partial charge in [-0.2, -0.15) is 0 Å². The van der Waals surface area contributed by atoms with E-state index in [0.717, 1.165) is 32.1 Å². The maximum atomic E-state index is 10.00. The summed E-state index contributed by atoms with van der Waals surface area (Å²) in [6.07, 6.45) is 7.58. The Morgan fingerprint density at radius 3 is 2.25 bits per heavy atom. The molecule has 0 saturated heterocycles. The first-order valence-corrected chi connectivity index (χ1v) is 6.66. The van der Waals surface area contributed by atoms with E-state index in [9.17, 15) is 5.11 Å². The summed E-state index contributed by atoms with van der Waals surface area (Å²) < 4.78 is 0. The van der Waals surface area contributed by atoms with Crippen molar-refractivity contribution < 1.29 is 5.11 Å². The van der Waals surface area contributed by atoms with Crippen LogP contribution in [0.4, 0.5) is 0 Å². The van der Waals surface area contributed by atoms with Gasteiger partial charge in [-0.05, 0) is 55.7 Å². The number of aliphatic hydroxyl groups is 1. The molecule has 92 valence electrons. The Balaban J connectivity index is 2.21. The van der Waals surface area contributed by atoms with Crippen molar-refractivity contribution in [3.05, 3.63) is 22.8 Å². The van der Waals surface area contributed by atoms with Crippen LogP contribution in [-0.2, 0) is 0 Å². The Morgan fingerprint density at radius 1 is 1.19 bits per heavy atom. The molecule has 1 rings (SSSR count). The molecule has 0 aliphatic heterocycles. The summed E-state index contributed by atoms with van der Waals surface area (Å²) in [6.45, 7) is 8.70. The Kier molecular flexibility index (Phi) is 5.27. The average Bonchev–Trinajstić information content (AvgIpc) is 2.29. The Labute approximate surface area is 100 Å². The van der Waals surface area contributed by atoms with Crippen LogP contribution in [0.2, 0.25) is 0 Å². The van der Waals surface area contributed by atoms with Gasteiger partial charge < -0.3 is 5.11 Å². The third-order valence-electron chi connectivity index (χ3n) is 4.00. The van der Waals surface area contributed by atoms with E-state index >= 15 is 0 Å². The predicted molar refractivity (Wildman–Crippen MR) is 70.4 cm³/mol. The lowest BCUT2D eigenvalue weighted by Gasteiger charge is -2.22. The minimum Gasteiger partial charge on any atom is -0.393 e. The molecular formula is C15H26O. The van der Waals surface area contributed by atoms with E-state index in [2.05, 4.69) is 33.8 Å². The molecule has 1 aliphatic carbocycles. The highest BCUT2D eigenvalue weighted by Crippen LogP contribution is 2.30. The predicted octanol–water partition coefficient (Wildman–Crippen LogP) is 4.23. The second kappa shape index (κ2) is 6.24. The lowest BCUT2D eigenvalue weighted by atomic mass is 9.86. The lowest BCUT2D eigenvalue weighted by molar-refractivity contribution is 0.0923. The molecule has 0 bridgehead atoms. The van der Waals surface area contributed by atoms with Crippen molar-refractivity contribution in [3.63, 3.8) is 0 Å². The van der Waals surface area contributed by atoms with Gasteiger partial charge in [0.2, 0.25) is 0 Å². The molecule has 1 atom stereocenters. The van der Waals surface area contributed by atoms with E-state index in [1.165, 1.54) is 16.7 Å². The lowest BCUT2D eigenvalue weighted by Crippen LogP contribution is -2.19. The summed E-state index contributed by atoms with van der Waals surface area (Å²) in [6, 6.07) is 0. The van der Waals surface area contributed by atoms with Gasteiger partial charge in [0.15, 0.2) is 0 Å². The highest BCUT2D eigenvalue weighted by molar-refractivity contribution is 5.50. The first-order valence-electron chi connectivity index (χ1n) is 6.66. The largest absolute Gasteiger partial charge is 0.393 e. The van der Waals surface area contributed by atoms with Crippen LogP contribution in [0.15, 0.2) is 22.8 Å². The van der Waals surface area contributed by atoms with Gasteiger partial charge in [0.05, 0.1) is 6.10 Å². The molecule has 0 spiro atoms. The van der Waals surface area contributed by atoms with E-state index in [1.807, 2.05) is 0 Å². The summed E-state index contributed by atoms with van der Waals surface area (Å²) in [5, 5.41) is 10.00. The molecule has 1 heteroatoms. The summed E-state index contributed by atoms with van der Waals surface area (Å²) >= 11 is 0. The van der Waals surface area contributed by atoms with Crippen molar-refractivity contribution in [2.45, 2.75) is 65.9 Å². The van der Waals surface area contributed by atoms with Crippen LogP contribution < -0.4 is 0 Å². The zero-order valence-corrected chi connectivity index (χ0v) is 11.2. The molecule has 1 aliphatic rings. The number of hydrogen-bond acceptors (Lipinski definition) is 1. The Morgan fingerprint density at radius 2 is 1.81 bits per heavy atom. The average molecular weight is 222 g/mol. The van der Waals surface area contributed by atoms with Crippen molar-refractivity contribution in [2.75, 3.05) is 0 Å². The van der Waals surface area contributed by atoms with E-state index < -0.39 is 0 Å². The molecule has 0 aromatic heterocycles. The fourth-order valence-electron chi connectivity index (χ4n) is 2.48. The van der Waals surface area contributed by atoms with Crippen molar-refractivity contribution in [3.8, 4) is 0 Å². The van der Waals surface area contributed by atoms with Crippen molar-refractivity contribution >= 4 is 0 Å². The molecule has 16 heavy (non-hydrogen) atoms. The molecule has 0 saturated carbocycles. The second-order valence-electron chi connectivity index (χ2n) is 5.01. The monoisotopic (exact) mass is 222 g/mol. The topological polar surface area (TPSA) is 20.2 Å². The third-order valence-corrected chi connectivity index (χ3v) is 4.00. The van der Waals surface area contributed by atoms with E-state index in [4.69, 9.17) is 0 Å². The molecule has 0 amide bonds. The first-order chi connectivity index (χ1) is 7.60. The van der Waals surface area contributed by atoms with Gasteiger partial charge in [-0.1, -0.05) is 32.8 Å². The summed E-state index contributed by atoms with van der Waals surface area (Å²) in [5.41, 5.74) is 4.39. The van der Waals surface area contributed by atoms with E-state index in [1.54, 1.807) is 0 Å². The molecule has 0 heterocycles. The minimum atomic E-state index is -0.0962. The minimum absolute atomic E-state index is 0.0962. The molecule has 1 unspecified atom stereocenters. The Bertz CT molecular complexity index is 282. The SMILES string of the molecule is CCC(CC)C(O)CCCC1=C(C)C(C)=C1. The normalized spacial score (nSPS) is 17.5. The number of aliphatic hydroxyl groups excluding tert-OH is 1. The van der Waals surface area contributed by atoms with Crippen molar-refractivity contribution in [2.24, 2.45) is 5.92 Å². The molecule has 0 aromatic rings. The number of rotatable bonds is 7. The highest BCUT2D eigenvalue weighted by Gasteiger charge is 2.16. The van der Waals surface area contributed by atoms with Gasteiger partial charge in [0.25, 0.3) is 0 Å². The standard InChI is InChI=1S/C15H26O/c1-5-13(6-2)15(16)9-7-8-14-10-11(3)12(14)4/h10,13,15-16H,5-9H2,1-4H3. The molecule has 1 nitrogen and oxygen atoms in total. The van der Waals surface area contributed by atoms with Gasteiger partial charge in [-0.25, -0.2) is 0 Å². The number of allylic oxidation sites excluding steroid dienone is 4. The molecule has 0 fully saturated rings. The zero-order valence-electron chi connectivity index (χ0n) is 11.2. The van der Waals surface area contributed by atoms with Gasteiger partial charge in [-0.3, -0.25) is 0 Å². The zero-order chi connectivity index (χ0) is 12.1. The van der Waals surface area contributed by atoms with Crippen LogP contribution in [0.3, 0.4) is 0 Å². The van der Waals surface area contributed by atoms with Crippen LogP contribution in [0.5, 0.6) is 0 Å². The highest BCUT2D eigenvalue weighted by atomic mass is 16.3. The summed E-state index contributed by atoms with van der Waals surface area (Å²) in [7, 11) is 0. The molecule has 0 aromatic carbocycles. The quantitative estimate of drug-likeness (QED) is 0.683. The van der Waals surface area contributed by atoms with E-state index in [0.29, 0.717) is 5.92 Å². The van der Waals surface area contributed by atoms with E-state index in [-0.39, 0.29) is 6.10 Å². The third kappa shape index (κ3) is 3.21. The van der Waals surface area contributed by atoms with Gasteiger partial charge in [0.1, 0.15) is 0 Å². The first kappa shape index (κ1) is 13.5. The van der Waals surface area contributed by atoms with Gasteiger partial charge in [0, 0.05) is 0 Å². The summed E-state index contributed by atoms with van der Waals surface area (Å²) in [4.78, 5) is 0. The fraction of sp³-hybridized carbons (Fsp3) is 0.733. The van der Waals surface area contributed by atoms with Crippen LogP contribution in [0.1, 0.15) is 59.8 Å². The van der Waals surface area contributed by atoms with Crippen LogP contribution in [0, 0.1) is 5.92 Å². The molecule has 0 radical (unpaired) electrons. The van der Waals surface area contributed by atoms with Crippen molar-refractivity contribution in [1.29, 1.82) is 0 Å². The second-order valence-corrected chi connectivity index (χ2v) is 5.01. The van der Waals surface area contributed by atoms with Crippen LogP contribution in [0.25, 0.3) is 0 Å². The van der Waals surface area contributed by atoms with Crippen molar-refractivity contribution in [1.82, 2.24) is 0 Å². The maximum Gasteiger partial charge on any atom is 0.0568 e. The van der Waals surface area contributed by atoms with Gasteiger partial charge >= 0.3 is 0 Å². The maximum absolute atomic E-state index is 10.00. The Hall–Kier alpha value is -0.560. The number of hydrogen-bond donors (Lipinski definition) is 1. The van der Waals surface area contributed by atoms with Crippen LogP contribution >= 0.6 is 0 Å². The summed E-state index contributed by atoms with van der Waals surface area (Å²) in [5.74, 6) is 0.494.